The molecular weight excluding hydrogens is 354 g/mol. The van der Waals surface area contributed by atoms with Crippen LogP contribution in [-0.2, 0) is 11.2 Å². The van der Waals surface area contributed by atoms with E-state index in [9.17, 15) is 9.90 Å². The molecule has 0 radical (unpaired) electrons. The zero-order valence-corrected chi connectivity index (χ0v) is 16.5. The minimum atomic E-state index is -0.302. The minimum absolute atomic E-state index is 0.0591. The quantitative estimate of drug-likeness (QED) is 0.760. The van der Waals surface area contributed by atoms with E-state index in [1.807, 2.05) is 59.5 Å². The largest absolute Gasteiger partial charge is 0.496 e. The Morgan fingerprint density at radius 3 is 2.64 bits per heavy atom. The Labute approximate surface area is 166 Å². The van der Waals surface area contributed by atoms with Crippen LogP contribution in [0.25, 0.3) is 0 Å². The molecule has 3 rings (SSSR count). The van der Waals surface area contributed by atoms with E-state index in [2.05, 4.69) is 0 Å². The molecule has 0 aliphatic carbocycles. The molecule has 0 saturated carbocycles. The summed E-state index contributed by atoms with van der Waals surface area (Å²) < 4.78 is 11.2. The van der Waals surface area contributed by atoms with Crippen molar-refractivity contribution >= 4 is 5.91 Å². The summed E-state index contributed by atoms with van der Waals surface area (Å²) >= 11 is 0. The first-order chi connectivity index (χ1) is 13.7. The fourth-order valence-electron chi connectivity index (χ4n) is 3.86. The van der Waals surface area contributed by atoms with Crippen molar-refractivity contribution in [1.29, 1.82) is 0 Å². The summed E-state index contributed by atoms with van der Waals surface area (Å²) in [6, 6.07) is 17.3. The Morgan fingerprint density at radius 2 is 1.89 bits per heavy atom. The van der Waals surface area contributed by atoms with Crippen LogP contribution < -0.4 is 9.47 Å². The second kappa shape index (κ2) is 9.60. The number of hydrogen-bond acceptors (Lipinski definition) is 4. The zero-order valence-electron chi connectivity index (χ0n) is 16.5. The third-order valence-electron chi connectivity index (χ3n) is 5.53. The number of benzene rings is 2. The SMILES string of the molecule is COc1ccccc1CC(=O)N1CCCC(CO)(CCOc2ccccc2)C1. The van der Waals surface area contributed by atoms with Gasteiger partial charge in [0.15, 0.2) is 0 Å². The average Bonchev–Trinajstić information content (AvgIpc) is 2.75. The summed E-state index contributed by atoms with van der Waals surface area (Å²) in [5, 5.41) is 10.1. The number of ether oxygens (including phenoxy) is 2. The van der Waals surface area contributed by atoms with E-state index in [0.29, 0.717) is 19.6 Å². The van der Waals surface area contributed by atoms with Crippen LogP contribution in [0.1, 0.15) is 24.8 Å². The number of carbonyl (C=O) groups excluding carboxylic acids is 1. The zero-order chi connectivity index (χ0) is 19.8. The lowest BCUT2D eigenvalue weighted by Gasteiger charge is -2.42. The summed E-state index contributed by atoms with van der Waals surface area (Å²) in [6.07, 6.45) is 2.83. The van der Waals surface area contributed by atoms with Crippen molar-refractivity contribution < 1.29 is 19.4 Å². The molecule has 1 unspecified atom stereocenters. The molecule has 1 heterocycles. The van der Waals surface area contributed by atoms with Crippen LogP contribution >= 0.6 is 0 Å². The van der Waals surface area contributed by atoms with Crippen LogP contribution in [0, 0.1) is 5.41 Å². The standard InChI is InChI=1S/C23H29NO4/c1-27-21-11-6-5-8-19(21)16-22(26)24-14-7-12-23(17-24,18-25)13-15-28-20-9-3-2-4-10-20/h2-6,8-11,25H,7,12-18H2,1H3. The van der Waals surface area contributed by atoms with Gasteiger partial charge in [0.1, 0.15) is 11.5 Å². The van der Waals surface area contributed by atoms with E-state index in [1.54, 1.807) is 7.11 Å². The van der Waals surface area contributed by atoms with Crippen molar-refractivity contribution in [1.82, 2.24) is 4.90 Å². The summed E-state index contributed by atoms with van der Waals surface area (Å²) in [4.78, 5) is 14.8. The smallest absolute Gasteiger partial charge is 0.227 e. The molecule has 5 nitrogen and oxygen atoms in total. The first-order valence-corrected chi connectivity index (χ1v) is 9.84. The van der Waals surface area contributed by atoms with E-state index in [-0.39, 0.29) is 17.9 Å². The summed E-state index contributed by atoms with van der Waals surface area (Å²) in [7, 11) is 1.62. The lowest BCUT2D eigenvalue weighted by atomic mass is 9.78. The Kier molecular flexibility index (Phi) is 6.93. The molecule has 1 fully saturated rings. The normalized spacial score (nSPS) is 19.3. The lowest BCUT2D eigenvalue weighted by Crippen LogP contribution is -2.49. The van der Waals surface area contributed by atoms with Gasteiger partial charge in [-0.1, -0.05) is 36.4 Å². The number of amides is 1. The molecular formula is C23H29NO4. The molecule has 28 heavy (non-hydrogen) atoms. The molecule has 0 aromatic heterocycles. The molecule has 1 N–H and O–H groups in total. The van der Waals surface area contributed by atoms with Crippen LogP contribution in [0.3, 0.4) is 0 Å². The highest BCUT2D eigenvalue weighted by molar-refractivity contribution is 5.79. The van der Waals surface area contributed by atoms with Crippen molar-refractivity contribution in [3.05, 3.63) is 60.2 Å². The van der Waals surface area contributed by atoms with E-state index in [1.165, 1.54) is 0 Å². The Hall–Kier alpha value is -2.53. The van der Waals surface area contributed by atoms with E-state index in [0.717, 1.165) is 42.9 Å². The molecule has 1 saturated heterocycles. The van der Waals surface area contributed by atoms with Gasteiger partial charge < -0.3 is 19.5 Å². The third-order valence-corrected chi connectivity index (χ3v) is 5.53. The number of likely N-dealkylation sites (tertiary alicyclic amines) is 1. The van der Waals surface area contributed by atoms with Crippen LogP contribution in [0.2, 0.25) is 0 Å². The number of rotatable bonds is 8. The van der Waals surface area contributed by atoms with Crippen molar-refractivity contribution in [3.63, 3.8) is 0 Å². The van der Waals surface area contributed by atoms with Gasteiger partial charge in [-0.25, -0.2) is 0 Å². The number of aliphatic hydroxyl groups excluding tert-OH is 1. The van der Waals surface area contributed by atoms with E-state index < -0.39 is 0 Å². The van der Waals surface area contributed by atoms with Gasteiger partial charge in [-0.3, -0.25) is 4.79 Å². The second-order valence-corrected chi connectivity index (χ2v) is 7.48. The topological polar surface area (TPSA) is 59.0 Å². The molecule has 0 bridgehead atoms. The highest BCUT2D eigenvalue weighted by Crippen LogP contribution is 2.34. The van der Waals surface area contributed by atoms with Crippen molar-refractivity contribution in [2.45, 2.75) is 25.7 Å². The molecule has 0 spiro atoms. The Balaban J connectivity index is 1.59. The van der Waals surface area contributed by atoms with Crippen molar-refractivity contribution in [3.8, 4) is 11.5 Å². The Morgan fingerprint density at radius 1 is 1.14 bits per heavy atom. The van der Waals surface area contributed by atoms with Crippen LogP contribution in [0.5, 0.6) is 11.5 Å². The maximum Gasteiger partial charge on any atom is 0.227 e. The van der Waals surface area contributed by atoms with Gasteiger partial charge >= 0.3 is 0 Å². The van der Waals surface area contributed by atoms with Crippen LogP contribution in [0.4, 0.5) is 0 Å². The summed E-state index contributed by atoms with van der Waals surface area (Å²) in [5.74, 6) is 1.64. The highest BCUT2D eigenvalue weighted by atomic mass is 16.5. The van der Waals surface area contributed by atoms with Gasteiger partial charge in [0.2, 0.25) is 5.91 Å². The third kappa shape index (κ3) is 5.04. The number of carbonyl (C=O) groups is 1. The number of methoxy groups -OCH3 is 1. The lowest BCUT2D eigenvalue weighted by molar-refractivity contribution is -0.135. The van der Waals surface area contributed by atoms with Crippen molar-refractivity contribution in [2.75, 3.05) is 33.4 Å². The number of para-hydroxylation sites is 2. The number of piperidine rings is 1. The van der Waals surface area contributed by atoms with Crippen molar-refractivity contribution in [2.24, 2.45) is 5.41 Å². The molecule has 5 heteroatoms. The number of aliphatic hydroxyl groups is 1. The van der Waals surface area contributed by atoms with Gasteiger partial charge in [0.05, 0.1) is 26.7 Å². The van der Waals surface area contributed by atoms with Gasteiger partial charge in [-0.05, 0) is 37.5 Å². The minimum Gasteiger partial charge on any atom is -0.496 e. The van der Waals surface area contributed by atoms with E-state index >= 15 is 0 Å². The fraction of sp³-hybridized carbons (Fsp3) is 0.435. The molecule has 2 aromatic rings. The maximum atomic E-state index is 12.9. The van der Waals surface area contributed by atoms with Gasteiger partial charge in [-0.2, -0.15) is 0 Å². The average molecular weight is 383 g/mol. The highest BCUT2D eigenvalue weighted by Gasteiger charge is 2.36. The summed E-state index contributed by atoms with van der Waals surface area (Å²) in [6.45, 7) is 1.88. The molecule has 1 atom stereocenters. The van der Waals surface area contributed by atoms with Gasteiger partial charge in [-0.15, -0.1) is 0 Å². The number of nitrogens with zero attached hydrogens (tertiary/aromatic N) is 1. The number of hydrogen-bond donors (Lipinski definition) is 1. The molecule has 1 aliphatic rings. The molecule has 2 aromatic carbocycles. The summed E-state index contributed by atoms with van der Waals surface area (Å²) in [5.41, 5.74) is 0.589. The molecule has 1 aliphatic heterocycles. The predicted octanol–water partition coefficient (Wildman–Crippen LogP) is 3.31. The first-order valence-electron chi connectivity index (χ1n) is 9.84. The molecule has 1 amide bonds. The Bertz CT molecular complexity index is 764. The second-order valence-electron chi connectivity index (χ2n) is 7.48. The first kappa shape index (κ1) is 20.2. The van der Waals surface area contributed by atoms with E-state index in [4.69, 9.17) is 9.47 Å². The monoisotopic (exact) mass is 383 g/mol. The van der Waals surface area contributed by atoms with Crippen LogP contribution in [0.15, 0.2) is 54.6 Å². The van der Waals surface area contributed by atoms with Crippen LogP contribution in [-0.4, -0.2) is 49.3 Å². The predicted molar refractivity (Wildman–Crippen MR) is 109 cm³/mol. The van der Waals surface area contributed by atoms with Gasteiger partial charge in [0, 0.05) is 24.1 Å². The van der Waals surface area contributed by atoms with Gasteiger partial charge in [0.25, 0.3) is 0 Å². The molecule has 150 valence electrons. The fourth-order valence-corrected chi connectivity index (χ4v) is 3.86. The maximum absolute atomic E-state index is 12.9.